The maximum Gasteiger partial charge on any atom is 0.325 e. The van der Waals surface area contributed by atoms with Crippen molar-refractivity contribution in [2.24, 2.45) is 0 Å². The highest BCUT2D eigenvalue weighted by Gasteiger charge is 2.36. The zero-order valence-corrected chi connectivity index (χ0v) is 18.4. The minimum atomic E-state index is -0.677. The van der Waals surface area contributed by atoms with Gasteiger partial charge in [0.1, 0.15) is 18.9 Å². The van der Waals surface area contributed by atoms with Crippen molar-refractivity contribution in [3.05, 3.63) is 82.3 Å². The van der Waals surface area contributed by atoms with Gasteiger partial charge in [0.2, 0.25) is 0 Å². The van der Waals surface area contributed by atoms with Gasteiger partial charge in [0.15, 0.2) is 0 Å². The SMILES string of the molecule is COC(=O)CN1C(=O)SC(=Cc2c(OCc3ccccc3C#N)ccc3ccccc23)C1=O. The number of hydrogen-bond acceptors (Lipinski definition) is 7. The first-order chi connectivity index (χ1) is 16.0. The molecule has 0 spiro atoms. The van der Waals surface area contributed by atoms with Crippen molar-refractivity contribution < 1.29 is 23.9 Å². The van der Waals surface area contributed by atoms with Crippen LogP contribution in [0.25, 0.3) is 16.8 Å². The fraction of sp³-hybridized carbons (Fsp3) is 0.120. The van der Waals surface area contributed by atoms with Crippen molar-refractivity contribution in [3.8, 4) is 11.8 Å². The summed E-state index contributed by atoms with van der Waals surface area (Å²) in [6, 6.07) is 20.6. The van der Waals surface area contributed by atoms with Gasteiger partial charge in [0.05, 0.1) is 23.6 Å². The molecule has 3 aromatic rings. The van der Waals surface area contributed by atoms with Gasteiger partial charge >= 0.3 is 5.97 Å². The second kappa shape index (κ2) is 9.59. The van der Waals surface area contributed by atoms with Crippen LogP contribution in [0.3, 0.4) is 0 Å². The zero-order chi connectivity index (χ0) is 23.4. The molecule has 1 fully saturated rings. The predicted molar refractivity (Wildman–Crippen MR) is 124 cm³/mol. The van der Waals surface area contributed by atoms with Gasteiger partial charge in [-0.3, -0.25) is 19.3 Å². The van der Waals surface area contributed by atoms with E-state index in [1.807, 2.05) is 42.5 Å². The minimum Gasteiger partial charge on any atom is -0.488 e. The van der Waals surface area contributed by atoms with Gasteiger partial charge in [-0.2, -0.15) is 5.26 Å². The van der Waals surface area contributed by atoms with Crippen LogP contribution in [-0.4, -0.2) is 35.7 Å². The summed E-state index contributed by atoms with van der Waals surface area (Å²) in [5, 5.41) is 10.6. The molecule has 0 radical (unpaired) electrons. The fourth-order valence-corrected chi connectivity index (χ4v) is 4.24. The van der Waals surface area contributed by atoms with Crippen LogP contribution >= 0.6 is 11.8 Å². The van der Waals surface area contributed by atoms with E-state index in [0.29, 0.717) is 16.9 Å². The largest absolute Gasteiger partial charge is 0.488 e. The highest BCUT2D eigenvalue weighted by molar-refractivity contribution is 8.18. The molecule has 0 aliphatic carbocycles. The number of carbonyl (C=O) groups is 3. The summed E-state index contributed by atoms with van der Waals surface area (Å²) in [6.07, 6.45) is 1.61. The topological polar surface area (TPSA) is 96.7 Å². The summed E-state index contributed by atoms with van der Waals surface area (Å²) in [6.45, 7) is -0.283. The Labute approximate surface area is 194 Å². The molecular weight excluding hydrogens is 440 g/mol. The van der Waals surface area contributed by atoms with E-state index in [4.69, 9.17) is 4.74 Å². The van der Waals surface area contributed by atoms with Gasteiger partial charge in [-0.25, -0.2) is 0 Å². The molecule has 4 rings (SSSR count). The molecule has 1 aliphatic rings. The number of benzene rings is 3. The van der Waals surface area contributed by atoms with E-state index in [1.54, 1.807) is 24.3 Å². The van der Waals surface area contributed by atoms with Gasteiger partial charge in [0.25, 0.3) is 11.1 Å². The van der Waals surface area contributed by atoms with Crippen LogP contribution in [0.4, 0.5) is 4.79 Å². The lowest BCUT2D eigenvalue weighted by atomic mass is 10.0. The predicted octanol–water partition coefficient (Wildman–Crippen LogP) is 4.50. The molecular formula is C25H18N2O5S. The van der Waals surface area contributed by atoms with Crippen LogP contribution in [0.1, 0.15) is 16.7 Å². The minimum absolute atomic E-state index is 0.159. The van der Waals surface area contributed by atoms with Crippen molar-refractivity contribution in [1.82, 2.24) is 4.90 Å². The van der Waals surface area contributed by atoms with Crippen LogP contribution < -0.4 is 4.74 Å². The van der Waals surface area contributed by atoms with Gasteiger partial charge in [-0.15, -0.1) is 0 Å². The Morgan fingerprint density at radius 2 is 1.85 bits per heavy atom. The van der Waals surface area contributed by atoms with Gasteiger partial charge in [0, 0.05) is 11.1 Å². The molecule has 2 amide bonds. The normalized spacial score (nSPS) is 14.5. The van der Waals surface area contributed by atoms with Crippen LogP contribution in [0, 0.1) is 11.3 Å². The van der Waals surface area contributed by atoms with Crippen LogP contribution in [0.5, 0.6) is 5.75 Å². The molecule has 1 saturated heterocycles. The molecule has 164 valence electrons. The molecule has 3 aromatic carbocycles. The van der Waals surface area contributed by atoms with Crippen molar-refractivity contribution in [2.45, 2.75) is 6.61 Å². The van der Waals surface area contributed by atoms with Gasteiger partial charge < -0.3 is 9.47 Å². The van der Waals surface area contributed by atoms with Crippen molar-refractivity contribution in [1.29, 1.82) is 5.26 Å². The Kier molecular flexibility index (Phi) is 6.43. The molecule has 0 unspecified atom stereocenters. The number of esters is 1. The van der Waals surface area contributed by atoms with E-state index in [2.05, 4.69) is 10.8 Å². The first-order valence-electron chi connectivity index (χ1n) is 9.96. The van der Waals surface area contributed by atoms with Crippen LogP contribution in [-0.2, 0) is 20.9 Å². The van der Waals surface area contributed by atoms with Crippen LogP contribution in [0.2, 0.25) is 0 Å². The summed E-state index contributed by atoms with van der Waals surface area (Å²) in [4.78, 5) is 37.8. The maximum absolute atomic E-state index is 12.8. The molecule has 0 aromatic heterocycles. The molecule has 0 N–H and O–H groups in total. The molecule has 33 heavy (non-hydrogen) atoms. The second-order valence-corrected chi connectivity index (χ2v) is 8.09. The number of imide groups is 1. The highest BCUT2D eigenvalue weighted by Crippen LogP contribution is 2.37. The van der Waals surface area contributed by atoms with E-state index >= 15 is 0 Å². The third-order valence-electron chi connectivity index (χ3n) is 5.12. The quantitative estimate of drug-likeness (QED) is 0.396. The lowest BCUT2D eigenvalue weighted by molar-refractivity contribution is -0.143. The first-order valence-corrected chi connectivity index (χ1v) is 10.8. The molecule has 0 saturated carbocycles. The Bertz CT molecular complexity index is 1340. The van der Waals surface area contributed by atoms with E-state index in [1.165, 1.54) is 7.11 Å². The van der Waals surface area contributed by atoms with Crippen molar-refractivity contribution in [2.75, 3.05) is 13.7 Å². The lowest BCUT2D eigenvalue weighted by Gasteiger charge is -2.13. The number of nitrogens with zero attached hydrogens (tertiary/aromatic N) is 2. The van der Waals surface area contributed by atoms with E-state index in [0.717, 1.165) is 33.0 Å². The molecule has 1 aliphatic heterocycles. The molecule has 8 heteroatoms. The zero-order valence-electron chi connectivity index (χ0n) is 17.6. The Morgan fingerprint density at radius 1 is 1.09 bits per heavy atom. The van der Waals surface area contributed by atoms with Crippen molar-refractivity contribution >= 4 is 45.7 Å². The number of hydrogen-bond donors (Lipinski definition) is 0. The first kappa shape index (κ1) is 22.1. The molecule has 0 bridgehead atoms. The average Bonchev–Trinajstić information content (AvgIpc) is 3.10. The van der Waals surface area contributed by atoms with Crippen molar-refractivity contribution in [3.63, 3.8) is 0 Å². The Hall–Kier alpha value is -4.09. The van der Waals surface area contributed by atoms with Crippen LogP contribution in [0.15, 0.2) is 65.6 Å². The maximum atomic E-state index is 12.8. The summed E-state index contributed by atoms with van der Waals surface area (Å²) in [5.74, 6) is -0.741. The molecule has 1 heterocycles. The summed E-state index contributed by atoms with van der Waals surface area (Å²) < 4.78 is 10.6. The standard InChI is InChI=1S/C25H18N2O5S/c1-31-23(28)14-27-24(29)22(33-25(27)30)12-20-19-9-5-4-6-16(19)10-11-21(20)32-15-18-8-3-2-7-17(18)13-26/h2-12H,14-15H2,1H3. The number of carbonyl (C=O) groups excluding carboxylic acids is 3. The Balaban J connectivity index is 1.72. The molecule has 7 nitrogen and oxygen atoms in total. The second-order valence-electron chi connectivity index (χ2n) is 7.10. The number of ether oxygens (including phenoxy) is 2. The number of nitriles is 1. The number of fused-ring (bicyclic) bond motifs is 1. The smallest absolute Gasteiger partial charge is 0.325 e. The summed E-state index contributed by atoms with van der Waals surface area (Å²) in [7, 11) is 1.20. The molecule has 0 atom stereocenters. The van der Waals surface area contributed by atoms with E-state index in [-0.39, 0.29) is 11.5 Å². The van der Waals surface area contributed by atoms with E-state index < -0.39 is 23.7 Å². The third-order valence-corrected chi connectivity index (χ3v) is 6.02. The highest BCUT2D eigenvalue weighted by atomic mass is 32.2. The number of methoxy groups -OCH3 is 1. The number of thioether (sulfide) groups is 1. The van der Waals surface area contributed by atoms with Gasteiger partial charge in [-0.1, -0.05) is 48.5 Å². The lowest BCUT2D eigenvalue weighted by Crippen LogP contribution is -2.34. The van der Waals surface area contributed by atoms with Gasteiger partial charge in [-0.05, 0) is 40.7 Å². The number of amides is 2. The monoisotopic (exact) mass is 458 g/mol. The number of rotatable bonds is 6. The van der Waals surface area contributed by atoms with E-state index in [9.17, 15) is 19.6 Å². The fourth-order valence-electron chi connectivity index (χ4n) is 3.42. The Morgan fingerprint density at radius 3 is 2.64 bits per heavy atom. The third kappa shape index (κ3) is 4.59. The average molecular weight is 458 g/mol. The summed E-state index contributed by atoms with van der Waals surface area (Å²) >= 11 is 0.759. The summed E-state index contributed by atoms with van der Waals surface area (Å²) in [5.41, 5.74) is 1.88.